The molecule has 2 aromatic carbocycles. The van der Waals surface area contributed by atoms with Gasteiger partial charge < -0.3 is 14.8 Å². The van der Waals surface area contributed by atoms with Crippen molar-refractivity contribution in [2.24, 2.45) is 17.8 Å². The summed E-state index contributed by atoms with van der Waals surface area (Å²) in [6.07, 6.45) is 15.4. The summed E-state index contributed by atoms with van der Waals surface area (Å²) in [5, 5.41) is 3.27. The van der Waals surface area contributed by atoms with E-state index in [-0.39, 0.29) is 18.1 Å². The molecule has 3 fully saturated rings. The highest BCUT2D eigenvalue weighted by Gasteiger charge is 2.38. The number of carbonyl (C=O) groups excluding carboxylic acids is 1. The predicted octanol–water partition coefficient (Wildman–Crippen LogP) is 6.29. The fraction of sp³-hybridized carbons (Fsp3) is 0.594. The Bertz CT molecular complexity index is 1040. The normalized spacial score (nSPS) is 28.7. The SMILES string of the molecule is O=C(N[C@H]1CCc2cc(CCC[C@H]3C[C@H]4CC[C@@H]3C4)ccc2C1)c1ccc(OC[C@@H]2CCCO2)cc1. The van der Waals surface area contributed by atoms with Gasteiger partial charge in [-0.15, -0.1) is 0 Å². The van der Waals surface area contributed by atoms with Gasteiger partial charge in [0.2, 0.25) is 0 Å². The van der Waals surface area contributed by atoms with Crippen LogP contribution in [-0.4, -0.2) is 31.3 Å². The van der Waals surface area contributed by atoms with Gasteiger partial charge in [0.25, 0.3) is 5.91 Å². The zero-order valence-electron chi connectivity index (χ0n) is 21.6. The van der Waals surface area contributed by atoms with Gasteiger partial charge >= 0.3 is 0 Å². The van der Waals surface area contributed by atoms with Gasteiger partial charge in [-0.05, 0) is 129 Å². The van der Waals surface area contributed by atoms with E-state index in [4.69, 9.17) is 9.47 Å². The van der Waals surface area contributed by atoms with E-state index in [0.29, 0.717) is 12.2 Å². The van der Waals surface area contributed by atoms with Crippen molar-refractivity contribution in [3.8, 4) is 5.75 Å². The van der Waals surface area contributed by atoms with Crippen LogP contribution in [0.4, 0.5) is 0 Å². The molecular weight excluding hydrogens is 446 g/mol. The van der Waals surface area contributed by atoms with Crippen LogP contribution in [0, 0.1) is 17.8 Å². The van der Waals surface area contributed by atoms with E-state index in [0.717, 1.165) is 62.2 Å². The van der Waals surface area contributed by atoms with E-state index in [2.05, 4.69) is 23.5 Å². The van der Waals surface area contributed by atoms with E-state index < -0.39 is 0 Å². The molecule has 6 rings (SSSR count). The number of rotatable bonds is 9. The van der Waals surface area contributed by atoms with Crippen molar-refractivity contribution in [3.63, 3.8) is 0 Å². The molecule has 0 spiro atoms. The molecule has 2 aromatic rings. The third-order valence-corrected chi connectivity index (χ3v) is 9.34. The van der Waals surface area contributed by atoms with E-state index in [9.17, 15) is 4.79 Å². The second kappa shape index (κ2) is 11.0. The Hall–Kier alpha value is -2.33. The Labute approximate surface area is 216 Å². The van der Waals surface area contributed by atoms with Crippen LogP contribution in [0.1, 0.15) is 84.8 Å². The fourth-order valence-corrected chi connectivity index (χ4v) is 7.32. The lowest BCUT2D eigenvalue weighted by atomic mass is 9.84. The van der Waals surface area contributed by atoms with Crippen molar-refractivity contribution in [2.75, 3.05) is 13.2 Å². The van der Waals surface area contributed by atoms with Crippen molar-refractivity contribution in [1.82, 2.24) is 5.32 Å². The Morgan fingerprint density at radius 3 is 2.69 bits per heavy atom. The molecule has 192 valence electrons. The van der Waals surface area contributed by atoms with Crippen molar-refractivity contribution in [2.45, 2.75) is 89.2 Å². The first-order chi connectivity index (χ1) is 17.7. The molecular formula is C32H41NO3. The minimum absolute atomic E-state index is 0.00589. The molecule has 4 heteroatoms. The number of nitrogens with one attached hydrogen (secondary N) is 1. The summed E-state index contributed by atoms with van der Waals surface area (Å²) in [5.74, 6) is 3.92. The smallest absolute Gasteiger partial charge is 0.251 e. The molecule has 0 aromatic heterocycles. The fourth-order valence-electron chi connectivity index (χ4n) is 7.32. The number of carbonyl (C=O) groups is 1. The minimum atomic E-state index is 0.00589. The van der Waals surface area contributed by atoms with Gasteiger partial charge in [0, 0.05) is 18.2 Å². The number of hydrogen-bond acceptors (Lipinski definition) is 3. The van der Waals surface area contributed by atoms with E-state index in [1.165, 1.54) is 61.6 Å². The Morgan fingerprint density at radius 2 is 1.92 bits per heavy atom. The first kappa shape index (κ1) is 24.0. The molecule has 2 bridgehead atoms. The monoisotopic (exact) mass is 487 g/mol. The highest BCUT2D eigenvalue weighted by Crippen LogP contribution is 2.50. The van der Waals surface area contributed by atoms with E-state index >= 15 is 0 Å². The molecule has 3 aliphatic carbocycles. The highest BCUT2D eigenvalue weighted by molar-refractivity contribution is 5.94. The number of fused-ring (bicyclic) bond motifs is 3. The van der Waals surface area contributed by atoms with Gasteiger partial charge in [-0.3, -0.25) is 4.79 Å². The standard InChI is InChI=1S/C32H41NO3/c34-32(24-11-14-30(15-12-24)36-21-31-5-2-16-35-31)33-29-13-10-27-17-22(6-8-28(27)20-29)3-1-4-25-18-23-7-9-26(25)19-23/h6,8,11-12,14-15,17,23,25-26,29,31H,1-5,7,9-10,13,16,18-21H2,(H,33,34)/t23-,25+,26-,29+,31+/m1/s1. The Balaban J connectivity index is 0.960. The Morgan fingerprint density at radius 1 is 1.00 bits per heavy atom. The minimum Gasteiger partial charge on any atom is -0.491 e. The number of ether oxygens (including phenoxy) is 2. The van der Waals surface area contributed by atoms with Crippen molar-refractivity contribution < 1.29 is 14.3 Å². The third kappa shape index (κ3) is 5.64. The topological polar surface area (TPSA) is 47.6 Å². The van der Waals surface area contributed by atoms with Crippen molar-refractivity contribution >= 4 is 5.91 Å². The number of amides is 1. The maximum Gasteiger partial charge on any atom is 0.251 e. The second-order valence-corrected chi connectivity index (χ2v) is 11.8. The molecule has 1 saturated heterocycles. The molecule has 1 amide bonds. The lowest BCUT2D eigenvalue weighted by molar-refractivity contribution is 0.0679. The molecule has 0 unspecified atom stereocenters. The number of hydrogen-bond donors (Lipinski definition) is 1. The molecule has 5 atom stereocenters. The summed E-state index contributed by atoms with van der Waals surface area (Å²) in [7, 11) is 0. The van der Waals surface area contributed by atoms with Crippen LogP contribution < -0.4 is 10.1 Å². The van der Waals surface area contributed by atoms with Gasteiger partial charge in [0.1, 0.15) is 12.4 Å². The lowest BCUT2D eigenvalue weighted by Crippen LogP contribution is -2.38. The van der Waals surface area contributed by atoms with Crippen LogP contribution >= 0.6 is 0 Å². The molecule has 4 aliphatic rings. The van der Waals surface area contributed by atoms with Gasteiger partial charge in [0.15, 0.2) is 0 Å². The van der Waals surface area contributed by atoms with Gasteiger partial charge in [-0.1, -0.05) is 24.6 Å². The van der Waals surface area contributed by atoms with Gasteiger partial charge in [-0.25, -0.2) is 0 Å². The maximum atomic E-state index is 12.9. The maximum absolute atomic E-state index is 12.9. The van der Waals surface area contributed by atoms with Crippen molar-refractivity contribution in [1.29, 1.82) is 0 Å². The summed E-state index contributed by atoms with van der Waals surface area (Å²) in [6.45, 7) is 1.41. The van der Waals surface area contributed by atoms with E-state index in [1.54, 1.807) is 0 Å². The molecule has 36 heavy (non-hydrogen) atoms. The summed E-state index contributed by atoms with van der Waals surface area (Å²) >= 11 is 0. The zero-order valence-corrected chi connectivity index (χ0v) is 21.6. The number of aryl methyl sites for hydroxylation is 2. The quantitative estimate of drug-likeness (QED) is 0.452. The lowest BCUT2D eigenvalue weighted by Gasteiger charge is -2.26. The first-order valence-corrected chi connectivity index (χ1v) is 14.5. The third-order valence-electron chi connectivity index (χ3n) is 9.34. The molecule has 1 heterocycles. The summed E-state index contributed by atoms with van der Waals surface area (Å²) < 4.78 is 11.4. The summed E-state index contributed by atoms with van der Waals surface area (Å²) in [4.78, 5) is 12.9. The predicted molar refractivity (Wildman–Crippen MR) is 143 cm³/mol. The molecule has 1 aliphatic heterocycles. The molecule has 4 nitrogen and oxygen atoms in total. The zero-order chi connectivity index (χ0) is 24.3. The average Bonchev–Trinajstić information content (AvgIpc) is 3.67. The van der Waals surface area contributed by atoms with Crippen LogP contribution in [0.25, 0.3) is 0 Å². The first-order valence-electron chi connectivity index (χ1n) is 14.5. The van der Waals surface area contributed by atoms with Crippen LogP contribution in [0.15, 0.2) is 42.5 Å². The second-order valence-electron chi connectivity index (χ2n) is 11.8. The Kier molecular flexibility index (Phi) is 7.32. The van der Waals surface area contributed by atoms with Crippen LogP contribution in [0.3, 0.4) is 0 Å². The van der Waals surface area contributed by atoms with Gasteiger partial charge in [0.05, 0.1) is 6.10 Å². The van der Waals surface area contributed by atoms with Crippen LogP contribution in [0.5, 0.6) is 5.75 Å². The highest BCUT2D eigenvalue weighted by atomic mass is 16.5. The molecule has 1 N–H and O–H groups in total. The van der Waals surface area contributed by atoms with Gasteiger partial charge in [-0.2, -0.15) is 0 Å². The summed E-state index contributed by atoms with van der Waals surface area (Å²) in [6, 6.07) is 14.8. The van der Waals surface area contributed by atoms with Crippen LogP contribution in [-0.2, 0) is 24.0 Å². The molecule has 0 radical (unpaired) electrons. The van der Waals surface area contributed by atoms with Crippen LogP contribution in [0.2, 0.25) is 0 Å². The largest absolute Gasteiger partial charge is 0.491 e. The van der Waals surface area contributed by atoms with E-state index in [1.807, 2.05) is 24.3 Å². The average molecular weight is 488 g/mol. The summed E-state index contributed by atoms with van der Waals surface area (Å²) in [5.41, 5.74) is 5.09. The number of benzene rings is 2. The molecule has 2 saturated carbocycles. The van der Waals surface area contributed by atoms with Crippen molar-refractivity contribution in [3.05, 3.63) is 64.7 Å².